The Morgan fingerprint density at radius 1 is 1.23 bits per heavy atom. The highest BCUT2D eigenvalue weighted by Crippen LogP contribution is 2.36. The summed E-state index contributed by atoms with van der Waals surface area (Å²) < 4.78 is 44.7. The first-order valence-electron chi connectivity index (χ1n) is 14.7. The molecule has 3 aromatic heterocycles. The number of alkyl halides is 2. The number of amides is 1. The summed E-state index contributed by atoms with van der Waals surface area (Å²) in [6.45, 7) is 5.78. The Morgan fingerprint density at radius 2 is 2.00 bits per heavy atom. The second kappa shape index (κ2) is 12.4. The largest absolute Gasteiger partial charge is 0.355 e. The van der Waals surface area contributed by atoms with E-state index in [1.165, 1.54) is 22.9 Å². The van der Waals surface area contributed by atoms with Crippen LogP contribution in [0.25, 0.3) is 34.1 Å². The van der Waals surface area contributed by atoms with Gasteiger partial charge in [0.25, 0.3) is 0 Å². The zero-order valence-corrected chi connectivity index (χ0v) is 24.5. The Balaban J connectivity index is 1.84. The summed E-state index contributed by atoms with van der Waals surface area (Å²) in [4.78, 5) is 43.6. The van der Waals surface area contributed by atoms with Crippen molar-refractivity contribution in [3.8, 4) is 16.9 Å². The first-order chi connectivity index (χ1) is 21.6. The quantitative estimate of drug-likeness (QED) is 0.240. The molecule has 0 bridgehead atoms. The van der Waals surface area contributed by atoms with E-state index in [-0.39, 0.29) is 39.7 Å². The number of halogens is 3. The number of hydrogen-bond donors (Lipinski definition) is 0. The zero-order chi connectivity index (χ0) is 32.4. The number of piperazine rings is 1. The SMILES string of the molecule is [2H]C([2H])=Cc1ccccc1-c1nc2c(cc1Cl)c(N1CCN(C(=O)C=C)C[C@@H]1C)nc(=O)n2-c1c(C)ccnc1C(CF)CF. The van der Waals surface area contributed by atoms with E-state index in [0.29, 0.717) is 47.5 Å². The third-order valence-electron chi connectivity index (χ3n) is 7.70. The van der Waals surface area contributed by atoms with Gasteiger partial charge in [-0.1, -0.05) is 55.1 Å². The van der Waals surface area contributed by atoms with Crippen LogP contribution in [0.1, 0.15) is 32.4 Å². The van der Waals surface area contributed by atoms with Crippen LogP contribution in [0.5, 0.6) is 0 Å². The molecule has 8 nitrogen and oxygen atoms in total. The average molecular weight is 607 g/mol. The number of pyridine rings is 2. The van der Waals surface area contributed by atoms with Crippen LogP contribution < -0.4 is 10.6 Å². The van der Waals surface area contributed by atoms with Crippen LogP contribution >= 0.6 is 11.6 Å². The van der Waals surface area contributed by atoms with Crippen molar-refractivity contribution in [3.05, 3.63) is 94.1 Å². The van der Waals surface area contributed by atoms with E-state index in [2.05, 4.69) is 16.5 Å². The number of fused-ring (bicyclic) bond motifs is 1. The van der Waals surface area contributed by atoms with Crippen LogP contribution in [0, 0.1) is 6.92 Å². The molecule has 0 spiro atoms. The van der Waals surface area contributed by atoms with Crippen molar-refractivity contribution in [1.82, 2.24) is 24.4 Å². The fraction of sp³-hybridized carbons (Fsp3) is 0.281. The Morgan fingerprint density at radius 3 is 2.70 bits per heavy atom. The standard InChI is InChI=1S/C32H31ClF2N6O2/c1-5-21-9-7-8-10-23(21)28-25(33)15-24-30(40-14-13-39(18-20(40)4)26(42)6-2)38-32(43)41(31(24)37-28)29-19(3)11-12-36-27(29)22(16-34)17-35/h5-12,15,20,22H,1-2,13-14,16-18H2,3-4H3/t20-/m0/s1/i1D2. The molecule has 1 aromatic carbocycles. The lowest BCUT2D eigenvalue weighted by Crippen LogP contribution is -2.54. The van der Waals surface area contributed by atoms with Crippen molar-refractivity contribution in [2.45, 2.75) is 25.8 Å². The van der Waals surface area contributed by atoms with Gasteiger partial charge in [0.15, 0.2) is 5.65 Å². The maximum atomic E-state index is 14.1. The van der Waals surface area contributed by atoms with E-state index in [0.717, 1.165) is 0 Å². The van der Waals surface area contributed by atoms with Gasteiger partial charge in [-0.25, -0.2) is 14.3 Å². The number of benzene rings is 1. The molecule has 1 saturated heterocycles. The maximum absolute atomic E-state index is 14.1. The number of aryl methyl sites for hydroxylation is 1. The predicted octanol–water partition coefficient (Wildman–Crippen LogP) is 5.69. The topological polar surface area (TPSA) is 84.2 Å². The lowest BCUT2D eigenvalue weighted by Gasteiger charge is -2.40. The Bertz CT molecular complexity index is 1880. The second-order valence-corrected chi connectivity index (χ2v) is 10.8. The Hall–Kier alpha value is -4.44. The lowest BCUT2D eigenvalue weighted by molar-refractivity contribution is -0.126. The van der Waals surface area contributed by atoms with Crippen LogP contribution in [0.2, 0.25) is 5.02 Å². The third kappa shape index (κ3) is 5.43. The van der Waals surface area contributed by atoms with Crippen LogP contribution in [0.3, 0.4) is 0 Å². The number of carbonyl (C=O) groups excluding carboxylic acids is 1. The molecule has 0 aliphatic carbocycles. The van der Waals surface area contributed by atoms with E-state index in [1.807, 2.05) is 11.8 Å². The van der Waals surface area contributed by atoms with E-state index in [4.69, 9.17) is 19.3 Å². The van der Waals surface area contributed by atoms with Gasteiger partial charge in [-0.2, -0.15) is 4.98 Å². The highest BCUT2D eigenvalue weighted by molar-refractivity contribution is 6.34. The third-order valence-corrected chi connectivity index (χ3v) is 7.98. The van der Waals surface area contributed by atoms with Crippen LogP contribution in [-0.2, 0) is 4.79 Å². The lowest BCUT2D eigenvalue weighted by atomic mass is 10.0. The molecule has 1 amide bonds. The fourth-order valence-electron chi connectivity index (χ4n) is 5.50. The Kier molecular flexibility index (Phi) is 7.92. The molecule has 11 heteroatoms. The summed E-state index contributed by atoms with van der Waals surface area (Å²) in [5, 5.41) is 0.620. The van der Waals surface area contributed by atoms with Gasteiger partial charge in [0.2, 0.25) is 5.91 Å². The minimum atomic E-state index is -1.22. The van der Waals surface area contributed by atoms with Gasteiger partial charge in [-0.05, 0) is 43.2 Å². The van der Waals surface area contributed by atoms with E-state index >= 15 is 0 Å². The average Bonchev–Trinajstić information content (AvgIpc) is 3.02. The van der Waals surface area contributed by atoms with Crippen LogP contribution in [0.4, 0.5) is 14.6 Å². The van der Waals surface area contributed by atoms with Crippen molar-refractivity contribution < 1.29 is 16.3 Å². The molecular formula is C32H31ClF2N6O2. The molecule has 0 unspecified atom stereocenters. The van der Waals surface area contributed by atoms with Gasteiger partial charge in [0, 0.05) is 37.4 Å². The smallest absolute Gasteiger partial charge is 0.350 e. The molecule has 0 saturated carbocycles. The molecule has 1 aliphatic rings. The van der Waals surface area contributed by atoms with Crippen molar-refractivity contribution >= 4 is 40.4 Å². The highest BCUT2D eigenvalue weighted by Gasteiger charge is 2.31. The molecule has 222 valence electrons. The zero-order valence-electron chi connectivity index (χ0n) is 25.7. The number of rotatable bonds is 8. The summed E-state index contributed by atoms with van der Waals surface area (Å²) in [7, 11) is 0. The number of hydrogen-bond acceptors (Lipinski definition) is 6. The molecule has 1 atom stereocenters. The van der Waals surface area contributed by atoms with Gasteiger partial charge in [-0.15, -0.1) is 0 Å². The Labute approximate surface area is 255 Å². The molecule has 1 fully saturated rings. The van der Waals surface area contributed by atoms with E-state index < -0.39 is 31.5 Å². The number of nitrogens with zero attached hydrogens (tertiary/aromatic N) is 6. The van der Waals surface area contributed by atoms with E-state index in [9.17, 15) is 18.4 Å². The molecule has 1 aliphatic heterocycles. The minimum absolute atomic E-state index is 0.0533. The minimum Gasteiger partial charge on any atom is -0.350 e. The first kappa shape index (κ1) is 27.4. The highest BCUT2D eigenvalue weighted by atomic mass is 35.5. The molecule has 4 aromatic rings. The van der Waals surface area contributed by atoms with Gasteiger partial charge < -0.3 is 9.80 Å². The summed E-state index contributed by atoms with van der Waals surface area (Å²) in [5.41, 5.74) is 1.45. The second-order valence-electron chi connectivity index (χ2n) is 10.4. The fourth-order valence-corrected chi connectivity index (χ4v) is 5.76. The molecule has 0 radical (unpaired) electrons. The van der Waals surface area contributed by atoms with Crippen LogP contribution in [-0.4, -0.2) is 69.4 Å². The van der Waals surface area contributed by atoms with E-state index in [1.54, 1.807) is 48.2 Å². The van der Waals surface area contributed by atoms with Gasteiger partial charge in [-0.3, -0.25) is 18.6 Å². The van der Waals surface area contributed by atoms with Crippen LogP contribution in [0.15, 0.2) is 66.6 Å². The van der Waals surface area contributed by atoms with Gasteiger partial charge in [0.05, 0.1) is 36.1 Å². The number of anilines is 1. The molecule has 0 N–H and O–H groups in total. The summed E-state index contributed by atoms with van der Waals surface area (Å²) in [6.07, 6.45) is 4.05. The van der Waals surface area contributed by atoms with Crippen molar-refractivity contribution in [2.24, 2.45) is 0 Å². The summed E-state index contributed by atoms with van der Waals surface area (Å²) in [6, 6.07) is 9.99. The van der Waals surface area contributed by atoms with Gasteiger partial charge in [0.1, 0.15) is 19.2 Å². The number of aromatic nitrogens is 4. The summed E-state index contributed by atoms with van der Waals surface area (Å²) in [5.74, 6) is -1.12. The summed E-state index contributed by atoms with van der Waals surface area (Å²) >= 11 is 6.89. The van der Waals surface area contributed by atoms with Crippen molar-refractivity contribution in [3.63, 3.8) is 0 Å². The number of carbonyl (C=O) groups is 1. The van der Waals surface area contributed by atoms with Gasteiger partial charge >= 0.3 is 5.69 Å². The van der Waals surface area contributed by atoms with Crippen molar-refractivity contribution in [1.29, 1.82) is 0 Å². The first-order valence-corrected chi connectivity index (χ1v) is 14.1. The predicted molar refractivity (Wildman–Crippen MR) is 166 cm³/mol. The van der Waals surface area contributed by atoms with Crippen molar-refractivity contribution in [2.75, 3.05) is 37.9 Å². The molecule has 5 rings (SSSR count). The molecule has 43 heavy (non-hydrogen) atoms. The normalized spacial score (nSPS) is 15.8. The molecule has 4 heterocycles. The molecular weight excluding hydrogens is 574 g/mol. The monoisotopic (exact) mass is 606 g/mol. The maximum Gasteiger partial charge on any atom is 0.355 e.